The van der Waals surface area contributed by atoms with Crippen molar-refractivity contribution < 1.29 is 14.6 Å². The molecule has 2 N–H and O–H groups in total. The second kappa shape index (κ2) is 5.65. The van der Waals surface area contributed by atoms with Crippen molar-refractivity contribution in [2.24, 2.45) is 0 Å². The lowest BCUT2D eigenvalue weighted by Gasteiger charge is -2.20. The minimum Gasteiger partial charge on any atom is -0.508 e. The summed E-state index contributed by atoms with van der Waals surface area (Å²) in [4.78, 5) is 7.70. The highest BCUT2D eigenvalue weighted by atomic mass is 32.1. The van der Waals surface area contributed by atoms with Crippen molar-refractivity contribution in [3.05, 3.63) is 58.2 Å². The molecule has 4 rings (SSSR count). The highest BCUT2D eigenvalue weighted by Gasteiger charge is 2.21. The van der Waals surface area contributed by atoms with Crippen molar-refractivity contribution in [1.29, 1.82) is 0 Å². The van der Waals surface area contributed by atoms with Crippen molar-refractivity contribution in [2.75, 3.05) is 7.11 Å². The molecule has 0 aliphatic carbocycles. The molecular weight excluding hydrogens is 324 g/mol. The molecule has 1 aliphatic rings. The van der Waals surface area contributed by atoms with Gasteiger partial charge in [-0.1, -0.05) is 30.4 Å². The molecule has 2 heterocycles. The van der Waals surface area contributed by atoms with E-state index in [2.05, 4.69) is 9.97 Å². The molecule has 120 valence electrons. The molecule has 6 heteroatoms. The number of para-hydroxylation sites is 1. The van der Waals surface area contributed by atoms with Crippen molar-refractivity contribution in [3.63, 3.8) is 0 Å². The van der Waals surface area contributed by atoms with E-state index in [0.717, 1.165) is 16.7 Å². The SMILES string of the molecule is COc1ccccc1-c1nc(=S)c2c([nH]1)Oc1cc(O)ccc1C2. The highest BCUT2D eigenvalue weighted by molar-refractivity contribution is 7.71. The lowest BCUT2D eigenvalue weighted by molar-refractivity contribution is 0.415. The Labute approximate surface area is 143 Å². The quantitative estimate of drug-likeness (QED) is 0.536. The van der Waals surface area contributed by atoms with Gasteiger partial charge in [-0.05, 0) is 23.8 Å². The van der Waals surface area contributed by atoms with Crippen LogP contribution >= 0.6 is 12.2 Å². The Morgan fingerprint density at radius 3 is 2.92 bits per heavy atom. The standard InChI is InChI=1S/C18H14N2O3S/c1-22-14-5-3-2-4-12(14)16-19-17-13(18(24)20-16)8-10-6-7-11(21)9-15(10)23-17/h2-7,9,21H,8H2,1H3,(H,19,20,24). The maximum Gasteiger partial charge on any atom is 0.205 e. The third-order valence-corrected chi connectivity index (χ3v) is 4.31. The zero-order valence-corrected chi connectivity index (χ0v) is 13.7. The number of fused-ring (bicyclic) bond motifs is 2. The summed E-state index contributed by atoms with van der Waals surface area (Å²) in [6.07, 6.45) is 0.611. The minimum atomic E-state index is 0.162. The normalized spacial score (nSPS) is 12.0. The van der Waals surface area contributed by atoms with Crippen LogP contribution in [0.25, 0.3) is 11.4 Å². The summed E-state index contributed by atoms with van der Waals surface area (Å²) in [6.45, 7) is 0. The molecule has 0 amide bonds. The summed E-state index contributed by atoms with van der Waals surface area (Å²) in [5, 5.41) is 9.65. The third kappa shape index (κ3) is 2.41. The topological polar surface area (TPSA) is 67.4 Å². The van der Waals surface area contributed by atoms with Gasteiger partial charge in [0.25, 0.3) is 0 Å². The van der Waals surface area contributed by atoms with Crippen LogP contribution in [-0.4, -0.2) is 22.2 Å². The Bertz CT molecular complexity index is 998. The molecule has 0 unspecified atom stereocenters. The van der Waals surface area contributed by atoms with Crippen LogP contribution in [0.1, 0.15) is 11.1 Å². The Hall–Kier alpha value is -2.86. The van der Waals surface area contributed by atoms with Gasteiger partial charge in [0.1, 0.15) is 27.7 Å². The number of phenolic OH excluding ortho intramolecular Hbond substituents is 1. The monoisotopic (exact) mass is 338 g/mol. The molecule has 1 aliphatic heterocycles. The third-order valence-electron chi connectivity index (χ3n) is 3.97. The molecular formula is C18H14N2O3S. The van der Waals surface area contributed by atoms with Crippen LogP contribution in [0.2, 0.25) is 0 Å². The number of aromatic amines is 1. The fraction of sp³-hybridized carbons (Fsp3) is 0.111. The predicted octanol–water partition coefficient (Wildman–Crippen LogP) is 4.22. The van der Waals surface area contributed by atoms with Crippen LogP contribution in [0.3, 0.4) is 0 Å². The van der Waals surface area contributed by atoms with E-state index in [1.165, 1.54) is 0 Å². The number of phenols is 1. The number of aromatic nitrogens is 2. The zero-order chi connectivity index (χ0) is 16.7. The number of rotatable bonds is 2. The zero-order valence-electron chi connectivity index (χ0n) is 12.9. The van der Waals surface area contributed by atoms with Crippen molar-refractivity contribution >= 4 is 12.2 Å². The first-order valence-electron chi connectivity index (χ1n) is 7.42. The fourth-order valence-electron chi connectivity index (χ4n) is 2.77. The largest absolute Gasteiger partial charge is 0.508 e. The molecule has 1 aromatic heterocycles. The summed E-state index contributed by atoms with van der Waals surface area (Å²) >= 11 is 5.46. The van der Waals surface area contributed by atoms with Gasteiger partial charge in [0.05, 0.1) is 18.2 Å². The maximum atomic E-state index is 9.65. The van der Waals surface area contributed by atoms with Gasteiger partial charge in [-0.2, -0.15) is 0 Å². The first-order chi connectivity index (χ1) is 11.7. The summed E-state index contributed by atoms with van der Waals surface area (Å²) in [5.41, 5.74) is 2.60. The van der Waals surface area contributed by atoms with Crippen LogP contribution in [0.5, 0.6) is 23.1 Å². The van der Waals surface area contributed by atoms with Crippen molar-refractivity contribution in [1.82, 2.24) is 9.97 Å². The van der Waals surface area contributed by atoms with Gasteiger partial charge in [-0.25, -0.2) is 4.98 Å². The first kappa shape index (κ1) is 14.7. The minimum absolute atomic E-state index is 0.162. The molecule has 3 aromatic rings. The number of nitrogens with one attached hydrogen (secondary N) is 1. The maximum absolute atomic E-state index is 9.65. The molecule has 0 fully saturated rings. The smallest absolute Gasteiger partial charge is 0.205 e. The molecule has 0 saturated carbocycles. The van der Waals surface area contributed by atoms with Crippen LogP contribution < -0.4 is 9.47 Å². The number of methoxy groups -OCH3 is 1. The predicted molar refractivity (Wildman–Crippen MR) is 92.4 cm³/mol. The van der Waals surface area contributed by atoms with Crippen LogP contribution in [0.15, 0.2) is 42.5 Å². The van der Waals surface area contributed by atoms with E-state index in [9.17, 15) is 5.11 Å². The molecule has 2 aromatic carbocycles. The molecule has 0 spiro atoms. The summed E-state index contributed by atoms with van der Waals surface area (Å²) in [5.74, 6) is 2.61. The van der Waals surface area contributed by atoms with Gasteiger partial charge < -0.3 is 19.6 Å². The number of hydrogen-bond donors (Lipinski definition) is 2. The van der Waals surface area contributed by atoms with Crippen molar-refractivity contribution in [3.8, 4) is 34.5 Å². The molecule has 0 radical (unpaired) electrons. The fourth-order valence-corrected chi connectivity index (χ4v) is 3.03. The Kier molecular flexibility index (Phi) is 3.46. The number of hydrogen-bond acceptors (Lipinski definition) is 5. The first-order valence-corrected chi connectivity index (χ1v) is 7.83. The van der Waals surface area contributed by atoms with Gasteiger partial charge in [-0.15, -0.1) is 0 Å². The van der Waals surface area contributed by atoms with Crippen LogP contribution in [0, 0.1) is 4.64 Å². The molecule has 0 saturated heterocycles. The Balaban J connectivity index is 1.84. The average molecular weight is 338 g/mol. The number of nitrogens with zero attached hydrogens (tertiary/aromatic N) is 1. The van der Waals surface area contributed by atoms with E-state index < -0.39 is 0 Å². The van der Waals surface area contributed by atoms with Gasteiger partial charge in [0, 0.05) is 12.5 Å². The van der Waals surface area contributed by atoms with E-state index >= 15 is 0 Å². The van der Waals surface area contributed by atoms with E-state index in [1.54, 1.807) is 19.2 Å². The van der Waals surface area contributed by atoms with Crippen LogP contribution in [-0.2, 0) is 6.42 Å². The second-order valence-corrected chi connectivity index (χ2v) is 5.86. The van der Waals surface area contributed by atoms with E-state index in [-0.39, 0.29) is 5.75 Å². The number of ether oxygens (including phenoxy) is 2. The van der Waals surface area contributed by atoms with Gasteiger partial charge >= 0.3 is 0 Å². The van der Waals surface area contributed by atoms with E-state index in [1.807, 2.05) is 30.3 Å². The summed E-state index contributed by atoms with van der Waals surface area (Å²) in [7, 11) is 1.61. The Morgan fingerprint density at radius 2 is 2.08 bits per heavy atom. The lowest BCUT2D eigenvalue weighted by Crippen LogP contribution is -2.08. The van der Waals surface area contributed by atoms with Crippen molar-refractivity contribution in [2.45, 2.75) is 6.42 Å². The van der Waals surface area contributed by atoms with E-state index in [4.69, 9.17) is 21.7 Å². The number of aromatic hydroxyl groups is 1. The second-order valence-electron chi connectivity index (χ2n) is 5.47. The molecule has 24 heavy (non-hydrogen) atoms. The molecule has 0 atom stereocenters. The van der Waals surface area contributed by atoms with Gasteiger partial charge in [0.15, 0.2) is 0 Å². The molecule has 5 nitrogen and oxygen atoms in total. The summed E-state index contributed by atoms with van der Waals surface area (Å²) < 4.78 is 11.8. The lowest BCUT2D eigenvalue weighted by atomic mass is 10.0. The number of benzene rings is 2. The average Bonchev–Trinajstić information content (AvgIpc) is 2.60. The van der Waals surface area contributed by atoms with Crippen LogP contribution in [0.4, 0.5) is 0 Å². The Morgan fingerprint density at radius 1 is 1.25 bits per heavy atom. The number of H-pyrrole nitrogens is 1. The molecule has 0 bridgehead atoms. The van der Waals surface area contributed by atoms with Gasteiger partial charge in [-0.3, -0.25) is 0 Å². The summed E-state index contributed by atoms with van der Waals surface area (Å²) in [6, 6.07) is 12.6. The highest BCUT2D eigenvalue weighted by Crippen LogP contribution is 2.38. The van der Waals surface area contributed by atoms with E-state index in [0.29, 0.717) is 34.3 Å². The van der Waals surface area contributed by atoms with Gasteiger partial charge in [0.2, 0.25) is 5.88 Å².